The van der Waals surface area contributed by atoms with E-state index in [0.29, 0.717) is 43.5 Å². The maximum absolute atomic E-state index is 12.7. The smallest absolute Gasteiger partial charge is 0.253 e. The van der Waals surface area contributed by atoms with E-state index in [1.165, 1.54) is 0 Å². The Hall–Kier alpha value is -3.20. The number of amides is 2. The van der Waals surface area contributed by atoms with Gasteiger partial charge in [-0.1, -0.05) is 0 Å². The summed E-state index contributed by atoms with van der Waals surface area (Å²) in [4.78, 5) is 26.9. The number of ether oxygens (including phenoxy) is 1. The predicted molar refractivity (Wildman–Crippen MR) is 121 cm³/mol. The Balaban J connectivity index is 1.20. The maximum atomic E-state index is 12.7. The first-order valence-electron chi connectivity index (χ1n) is 10.8. The predicted octanol–water partition coefficient (Wildman–Crippen LogP) is 3.55. The Labute approximate surface area is 190 Å². The molecular weight excluding hydrogens is 428 g/mol. The van der Waals surface area contributed by atoms with Gasteiger partial charge >= 0.3 is 0 Å². The first kappa shape index (κ1) is 22.0. The van der Waals surface area contributed by atoms with Crippen LogP contribution in [0.5, 0.6) is 5.75 Å². The molecule has 2 aromatic heterocycles. The van der Waals surface area contributed by atoms with Crippen molar-refractivity contribution in [3.8, 4) is 17.2 Å². The minimum absolute atomic E-state index is 0.00986. The van der Waals surface area contributed by atoms with E-state index in [2.05, 4.69) is 15.5 Å². The minimum atomic E-state index is -0.0448. The fourth-order valence-corrected chi connectivity index (χ4v) is 4.28. The number of hydrogen-bond donors (Lipinski definition) is 1. The van der Waals surface area contributed by atoms with Crippen molar-refractivity contribution < 1.29 is 18.7 Å². The average Bonchev–Trinajstić information content (AvgIpc) is 3.51. The number of likely N-dealkylation sites (tertiary alicyclic amines) is 1. The van der Waals surface area contributed by atoms with E-state index in [1.54, 1.807) is 23.5 Å². The summed E-state index contributed by atoms with van der Waals surface area (Å²) in [5.41, 5.74) is 1.54. The summed E-state index contributed by atoms with van der Waals surface area (Å²) in [6.07, 6.45) is 2.16. The van der Waals surface area contributed by atoms with Crippen LogP contribution in [0.4, 0.5) is 0 Å². The molecule has 2 amide bonds. The first-order chi connectivity index (χ1) is 15.6. The molecular formula is C23H26N4O4S. The lowest BCUT2D eigenvalue weighted by Gasteiger charge is -2.32. The van der Waals surface area contributed by atoms with E-state index < -0.39 is 0 Å². The molecule has 1 N–H and O–H groups in total. The lowest BCUT2D eigenvalue weighted by Crippen LogP contribution is -2.46. The molecule has 0 unspecified atom stereocenters. The number of piperidine rings is 1. The van der Waals surface area contributed by atoms with Crippen molar-refractivity contribution in [3.05, 3.63) is 52.5 Å². The normalized spacial score (nSPS) is 14.3. The second-order valence-electron chi connectivity index (χ2n) is 7.60. The van der Waals surface area contributed by atoms with E-state index in [9.17, 15) is 9.59 Å². The number of rotatable bonds is 8. The summed E-state index contributed by atoms with van der Waals surface area (Å²) >= 11 is 1.56. The Kier molecular flexibility index (Phi) is 7.16. The Morgan fingerprint density at radius 2 is 1.97 bits per heavy atom. The SMILES string of the molecule is CCOc1ccc(C(=O)N2CCC(NC(=O)CCc3nnc(-c4ccsc4)o3)CC2)cc1. The second kappa shape index (κ2) is 10.4. The zero-order chi connectivity index (χ0) is 22.3. The topological polar surface area (TPSA) is 97.6 Å². The number of hydrogen-bond acceptors (Lipinski definition) is 7. The molecule has 4 rings (SSSR count). The van der Waals surface area contributed by atoms with Crippen LogP contribution in [0.2, 0.25) is 0 Å². The quantitative estimate of drug-likeness (QED) is 0.559. The zero-order valence-corrected chi connectivity index (χ0v) is 18.8. The molecule has 32 heavy (non-hydrogen) atoms. The molecule has 0 saturated carbocycles. The van der Waals surface area contributed by atoms with E-state index in [1.807, 2.05) is 40.8 Å². The highest BCUT2D eigenvalue weighted by Gasteiger charge is 2.24. The van der Waals surface area contributed by atoms with Gasteiger partial charge in [-0.3, -0.25) is 9.59 Å². The standard InChI is InChI=1S/C23H26N4O4S/c1-2-30-19-5-3-16(4-6-19)23(29)27-12-9-18(10-13-27)24-20(28)7-8-21-25-26-22(31-21)17-11-14-32-15-17/h3-6,11,14-15,18H,2,7-10,12-13H2,1H3,(H,24,28). The summed E-state index contributed by atoms with van der Waals surface area (Å²) in [6, 6.07) is 9.20. The fraction of sp³-hybridized carbons (Fsp3) is 0.391. The molecule has 0 spiro atoms. The number of aromatic nitrogens is 2. The van der Waals surface area contributed by atoms with Gasteiger partial charge in [0.15, 0.2) is 0 Å². The highest BCUT2D eigenvalue weighted by atomic mass is 32.1. The summed E-state index contributed by atoms with van der Waals surface area (Å²) in [6.45, 7) is 3.75. The number of carbonyl (C=O) groups excluding carboxylic acids is 2. The van der Waals surface area contributed by atoms with Crippen LogP contribution in [0, 0.1) is 0 Å². The average molecular weight is 455 g/mol. The third-order valence-corrected chi connectivity index (χ3v) is 6.04. The number of aryl methyl sites for hydroxylation is 1. The molecule has 9 heteroatoms. The van der Waals surface area contributed by atoms with Gasteiger partial charge in [0, 0.05) is 48.5 Å². The van der Waals surface area contributed by atoms with Crippen molar-refractivity contribution in [1.29, 1.82) is 0 Å². The molecule has 1 aromatic carbocycles. The molecule has 168 valence electrons. The van der Waals surface area contributed by atoms with Gasteiger partial charge in [0.05, 0.1) is 6.61 Å². The molecule has 1 aliphatic heterocycles. The molecule has 0 bridgehead atoms. The van der Waals surface area contributed by atoms with Crippen LogP contribution >= 0.6 is 11.3 Å². The Morgan fingerprint density at radius 3 is 2.66 bits per heavy atom. The van der Waals surface area contributed by atoms with Crippen LogP contribution < -0.4 is 10.1 Å². The first-order valence-corrected chi connectivity index (χ1v) is 11.7. The lowest BCUT2D eigenvalue weighted by molar-refractivity contribution is -0.122. The number of nitrogens with zero attached hydrogens (tertiary/aromatic N) is 3. The van der Waals surface area contributed by atoms with Gasteiger partial charge in [-0.15, -0.1) is 10.2 Å². The third kappa shape index (κ3) is 5.53. The monoisotopic (exact) mass is 454 g/mol. The highest BCUT2D eigenvalue weighted by molar-refractivity contribution is 7.08. The van der Waals surface area contributed by atoms with E-state index in [4.69, 9.17) is 9.15 Å². The molecule has 3 heterocycles. The number of nitrogens with one attached hydrogen (secondary N) is 1. The van der Waals surface area contributed by atoms with Crippen molar-refractivity contribution in [2.24, 2.45) is 0 Å². The molecule has 0 atom stereocenters. The van der Waals surface area contributed by atoms with Crippen molar-refractivity contribution in [2.45, 2.75) is 38.6 Å². The summed E-state index contributed by atoms with van der Waals surface area (Å²) in [5, 5.41) is 15.0. The van der Waals surface area contributed by atoms with Crippen molar-refractivity contribution in [2.75, 3.05) is 19.7 Å². The van der Waals surface area contributed by atoms with Gasteiger partial charge in [-0.2, -0.15) is 11.3 Å². The molecule has 8 nitrogen and oxygen atoms in total. The van der Waals surface area contributed by atoms with Gasteiger partial charge in [-0.25, -0.2) is 0 Å². The van der Waals surface area contributed by atoms with Crippen LogP contribution in [0.3, 0.4) is 0 Å². The second-order valence-corrected chi connectivity index (χ2v) is 8.38. The van der Waals surface area contributed by atoms with Gasteiger partial charge in [-0.05, 0) is 55.5 Å². The van der Waals surface area contributed by atoms with Crippen LogP contribution in [-0.4, -0.2) is 52.6 Å². The third-order valence-electron chi connectivity index (χ3n) is 5.36. The van der Waals surface area contributed by atoms with Crippen LogP contribution in [0.1, 0.15) is 42.4 Å². The fourth-order valence-electron chi connectivity index (χ4n) is 3.65. The Morgan fingerprint density at radius 1 is 1.19 bits per heavy atom. The largest absolute Gasteiger partial charge is 0.494 e. The number of thiophene rings is 1. The minimum Gasteiger partial charge on any atom is -0.494 e. The van der Waals surface area contributed by atoms with Gasteiger partial charge in [0.2, 0.25) is 17.7 Å². The number of benzene rings is 1. The van der Waals surface area contributed by atoms with Crippen LogP contribution in [0.15, 0.2) is 45.5 Å². The Bertz CT molecular complexity index is 1020. The summed E-state index contributed by atoms with van der Waals surface area (Å²) in [5.74, 6) is 1.66. The highest BCUT2D eigenvalue weighted by Crippen LogP contribution is 2.21. The summed E-state index contributed by atoms with van der Waals surface area (Å²) in [7, 11) is 0. The lowest BCUT2D eigenvalue weighted by atomic mass is 10.0. The van der Waals surface area contributed by atoms with Gasteiger partial charge in [0.1, 0.15) is 5.75 Å². The zero-order valence-electron chi connectivity index (χ0n) is 18.0. The molecule has 1 aliphatic rings. The summed E-state index contributed by atoms with van der Waals surface area (Å²) < 4.78 is 11.0. The van der Waals surface area contributed by atoms with Crippen molar-refractivity contribution in [1.82, 2.24) is 20.4 Å². The van der Waals surface area contributed by atoms with E-state index in [0.717, 1.165) is 24.2 Å². The molecule has 0 aliphatic carbocycles. The van der Waals surface area contributed by atoms with Gasteiger partial charge in [0.25, 0.3) is 5.91 Å². The van der Waals surface area contributed by atoms with E-state index in [-0.39, 0.29) is 24.3 Å². The van der Waals surface area contributed by atoms with Crippen molar-refractivity contribution in [3.63, 3.8) is 0 Å². The molecule has 1 fully saturated rings. The van der Waals surface area contributed by atoms with E-state index >= 15 is 0 Å². The van der Waals surface area contributed by atoms with Gasteiger partial charge < -0.3 is 19.4 Å². The number of carbonyl (C=O) groups is 2. The molecule has 1 saturated heterocycles. The van der Waals surface area contributed by atoms with Crippen LogP contribution in [-0.2, 0) is 11.2 Å². The molecule has 3 aromatic rings. The maximum Gasteiger partial charge on any atom is 0.253 e. The van der Waals surface area contributed by atoms with Crippen molar-refractivity contribution >= 4 is 23.2 Å². The molecule has 0 radical (unpaired) electrons. The van der Waals surface area contributed by atoms with Crippen LogP contribution in [0.25, 0.3) is 11.5 Å².